The molecule has 164 valence electrons. The molecule has 3 heterocycles. The minimum absolute atomic E-state index is 0.131. The number of amides is 2. The zero-order valence-corrected chi connectivity index (χ0v) is 18.1. The lowest BCUT2D eigenvalue weighted by molar-refractivity contribution is -0.136. The van der Waals surface area contributed by atoms with Crippen molar-refractivity contribution in [2.75, 3.05) is 26.2 Å². The molecule has 3 aliphatic rings. The third-order valence-corrected chi connectivity index (χ3v) is 7.21. The van der Waals surface area contributed by atoms with Gasteiger partial charge in [0.1, 0.15) is 5.82 Å². The first-order chi connectivity index (χ1) is 14.9. The van der Waals surface area contributed by atoms with Crippen LogP contribution in [0.1, 0.15) is 61.1 Å². The number of hydrogen-bond donors (Lipinski definition) is 0. The first-order valence-electron chi connectivity index (χ1n) is 11.2. The van der Waals surface area contributed by atoms with E-state index in [2.05, 4.69) is 23.4 Å². The lowest BCUT2D eigenvalue weighted by atomic mass is 9.75. The maximum Gasteiger partial charge on any atom is 0.253 e. The van der Waals surface area contributed by atoms with E-state index in [0.29, 0.717) is 24.6 Å². The maximum absolute atomic E-state index is 13.7. The molecule has 5 rings (SSSR count). The number of aromatic nitrogens is 2. The average Bonchev–Trinajstić information content (AvgIpc) is 3.17. The highest BCUT2D eigenvalue weighted by atomic mass is 19.1. The molecule has 7 heteroatoms. The first-order valence-corrected chi connectivity index (χ1v) is 11.2. The van der Waals surface area contributed by atoms with Crippen LogP contribution < -0.4 is 0 Å². The van der Waals surface area contributed by atoms with E-state index in [4.69, 9.17) is 0 Å². The summed E-state index contributed by atoms with van der Waals surface area (Å²) in [5.74, 6) is 0.148. The number of imidazole rings is 1. The van der Waals surface area contributed by atoms with Gasteiger partial charge in [-0.25, -0.2) is 9.37 Å². The second-order valence-electron chi connectivity index (χ2n) is 9.69. The van der Waals surface area contributed by atoms with Crippen molar-refractivity contribution in [2.45, 2.75) is 45.1 Å². The Morgan fingerprint density at radius 2 is 2.00 bits per heavy atom. The molecule has 0 radical (unpaired) electrons. The zero-order chi connectivity index (χ0) is 21.8. The largest absolute Gasteiger partial charge is 0.342 e. The summed E-state index contributed by atoms with van der Waals surface area (Å²) in [7, 11) is 0. The third kappa shape index (κ3) is 3.54. The summed E-state index contributed by atoms with van der Waals surface area (Å²) in [6, 6.07) is 5.92. The summed E-state index contributed by atoms with van der Waals surface area (Å²) in [5, 5.41) is 0. The van der Waals surface area contributed by atoms with Crippen molar-refractivity contribution in [3.63, 3.8) is 0 Å². The Balaban J connectivity index is 1.46. The van der Waals surface area contributed by atoms with Crippen molar-refractivity contribution in [1.82, 2.24) is 19.4 Å². The number of nitrogens with zero attached hydrogens (tertiary/aromatic N) is 4. The minimum Gasteiger partial charge on any atom is -0.342 e. The van der Waals surface area contributed by atoms with Gasteiger partial charge in [-0.3, -0.25) is 9.59 Å². The predicted molar refractivity (Wildman–Crippen MR) is 114 cm³/mol. The molecule has 0 bridgehead atoms. The van der Waals surface area contributed by atoms with Crippen molar-refractivity contribution in [3.05, 3.63) is 53.9 Å². The number of rotatable bonds is 5. The highest BCUT2D eigenvalue weighted by Crippen LogP contribution is 2.50. The van der Waals surface area contributed by atoms with E-state index >= 15 is 0 Å². The number of carbonyl (C=O) groups is 2. The lowest BCUT2D eigenvalue weighted by Gasteiger charge is -2.28. The zero-order valence-electron chi connectivity index (χ0n) is 18.1. The van der Waals surface area contributed by atoms with Gasteiger partial charge in [-0.1, -0.05) is 0 Å². The third-order valence-electron chi connectivity index (χ3n) is 7.21. The van der Waals surface area contributed by atoms with Crippen LogP contribution in [-0.4, -0.2) is 57.3 Å². The van der Waals surface area contributed by atoms with Gasteiger partial charge < -0.3 is 14.4 Å². The van der Waals surface area contributed by atoms with Gasteiger partial charge >= 0.3 is 0 Å². The number of likely N-dealkylation sites (tertiary alicyclic amines) is 2. The fourth-order valence-electron chi connectivity index (χ4n) is 5.15. The van der Waals surface area contributed by atoms with E-state index in [9.17, 15) is 14.0 Å². The van der Waals surface area contributed by atoms with Crippen LogP contribution >= 0.6 is 0 Å². The first kappa shape index (κ1) is 20.2. The Labute approximate surface area is 182 Å². The van der Waals surface area contributed by atoms with E-state index in [-0.39, 0.29) is 29.6 Å². The van der Waals surface area contributed by atoms with E-state index in [1.165, 1.54) is 37.1 Å². The molecule has 6 nitrogen and oxygen atoms in total. The summed E-state index contributed by atoms with van der Waals surface area (Å²) in [4.78, 5) is 35.3. The Morgan fingerprint density at radius 3 is 2.65 bits per heavy atom. The van der Waals surface area contributed by atoms with Crippen LogP contribution in [0.15, 0.2) is 36.8 Å². The van der Waals surface area contributed by atoms with Crippen LogP contribution in [0, 0.1) is 17.2 Å². The smallest absolute Gasteiger partial charge is 0.253 e. The molecule has 0 unspecified atom stereocenters. The molecule has 2 atom stereocenters. The van der Waals surface area contributed by atoms with Gasteiger partial charge in [0, 0.05) is 49.9 Å². The molecular weight excluding hydrogens is 395 g/mol. The molecule has 1 aromatic heterocycles. The molecule has 2 amide bonds. The van der Waals surface area contributed by atoms with Crippen LogP contribution in [0.2, 0.25) is 0 Å². The van der Waals surface area contributed by atoms with Crippen LogP contribution in [0.3, 0.4) is 0 Å². The number of benzene rings is 1. The van der Waals surface area contributed by atoms with Crippen molar-refractivity contribution < 1.29 is 14.0 Å². The molecule has 0 N–H and O–H groups in total. The summed E-state index contributed by atoms with van der Waals surface area (Å²) in [5.41, 5.74) is 0.704. The summed E-state index contributed by atoms with van der Waals surface area (Å²) < 4.78 is 15.4. The van der Waals surface area contributed by atoms with Crippen LogP contribution in [0.4, 0.5) is 4.39 Å². The topological polar surface area (TPSA) is 58.4 Å². The second-order valence-corrected chi connectivity index (χ2v) is 9.69. The van der Waals surface area contributed by atoms with Crippen molar-refractivity contribution in [1.29, 1.82) is 0 Å². The quantitative estimate of drug-likeness (QED) is 0.739. The van der Waals surface area contributed by atoms with Gasteiger partial charge in [-0.15, -0.1) is 0 Å². The average molecular weight is 425 g/mol. The summed E-state index contributed by atoms with van der Waals surface area (Å²) in [6.45, 7) is 6.61. The van der Waals surface area contributed by atoms with Gasteiger partial charge in [0.15, 0.2) is 0 Å². The molecule has 2 aromatic rings. The van der Waals surface area contributed by atoms with Crippen molar-refractivity contribution >= 4 is 11.8 Å². The van der Waals surface area contributed by atoms with Crippen LogP contribution in [-0.2, 0) is 4.79 Å². The normalized spacial score (nSPS) is 25.9. The standard InChI is InChI=1S/C24H29FN4O2/c1-16(2)29-13-21(26-15-29)20-12-28(22(30)18-5-7-19(25)8-6-18)14-24(20)9-10-27(23(24)31)11-17-3-4-17/h5-8,13,15-17,20H,3-4,9-12,14H2,1-2H3/t20-,24+/m1/s1. The monoisotopic (exact) mass is 424 g/mol. The molecule has 31 heavy (non-hydrogen) atoms. The SMILES string of the molecule is CC(C)n1cnc([C@H]2CN(C(=O)c3ccc(F)cc3)C[C@@]23CCN(CC2CC2)C3=O)c1. The summed E-state index contributed by atoms with van der Waals surface area (Å²) >= 11 is 0. The Kier molecular flexibility index (Phi) is 4.87. The molecule has 2 saturated heterocycles. The van der Waals surface area contributed by atoms with E-state index in [1.54, 1.807) is 4.90 Å². The molecule has 1 aliphatic carbocycles. The van der Waals surface area contributed by atoms with Gasteiger partial charge in [-0.2, -0.15) is 0 Å². The van der Waals surface area contributed by atoms with Crippen molar-refractivity contribution in [2.24, 2.45) is 11.3 Å². The molecule has 1 aromatic carbocycles. The van der Waals surface area contributed by atoms with Gasteiger partial charge in [0.2, 0.25) is 5.91 Å². The van der Waals surface area contributed by atoms with Gasteiger partial charge in [0.05, 0.1) is 17.4 Å². The van der Waals surface area contributed by atoms with Crippen LogP contribution in [0.5, 0.6) is 0 Å². The summed E-state index contributed by atoms with van der Waals surface area (Å²) in [6.07, 6.45) is 6.99. The van der Waals surface area contributed by atoms with E-state index in [0.717, 1.165) is 25.2 Å². The van der Waals surface area contributed by atoms with Crippen molar-refractivity contribution in [3.8, 4) is 0 Å². The fraction of sp³-hybridized carbons (Fsp3) is 0.542. The maximum atomic E-state index is 13.7. The molecule has 2 aliphatic heterocycles. The second kappa shape index (κ2) is 7.46. The number of carbonyl (C=O) groups excluding carboxylic acids is 2. The van der Waals surface area contributed by atoms with E-state index in [1.807, 2.05) is 17.4 Å². The Morgan fingerprint density at radius 1 is 1.26 bits per heavy atom. The molecule has 1 spiro atoms. The highest BCUT2D eigenvalue weighted by molar-refractivity contribution is 5.96. The Bertz CT molecular complexity index is 997. The minimum atomic E-state index is -0.624. The molecular formula is C24H29FN4O2. The number of halogens is 1. The van der Waals surface area contributed by atoms with Crippen LogP contribution in [0.25, 0.3) is 0 Å². The lowest BCUT2D eigenvalue weighted by Crippen LogP contribution is -2.41. The van der Waals surface area contributed by atoms with Gasteiger partial charge in [-0.05, 0) is 63.3 Å². The van der Waals surface area contributed by atoms with Gasteiger partial charge in [0.25, 0.3) is 5.91 Å². The number of hydrogen-bond acceptors (Lipinski definition) is 3. The Hall–Kier alpha value is -2.70. The van der Waals surface area contributed by atoms with E-state index < -0.39 is 5.41 Å². The molecule has 1 saturated carbocycles. The predicted octanol–water partition coefficient (Wildman–Crippen LogP) is 3.47. The highest BCUT2D eigenvalue weighted by Gasteiger charge is 2.59. The fourth-order valence-corrected chi connectivity index (χ4v) is 5.15. The molecule has 3 fully saturated rings.